The molecule has 1 unspecified atom stereocenters. The number of piperazine rings is 1. The number of carbonyl (C=O) groups excluding carboxylic acids is 1. The number of nitrogens with zero attached hydrogens (tertiary/aromatic N) is 6. The number of hydrogen-bond donors (Lipinski definition) is 0. The first kappa shape index (κ1) is 22.3. The molecule has 11 nitrogen and oxygen atoms in total. The highest BCUT2D eigenvalue weighted by atomic mass is 16.6. The largest absolute Gasteiger partial charge is 0.444 e. The Morgan fingerprint density at radius 2 is 2.03 bits per heavy atom. The quantitative estimate of drug-likeness (QED) is 0.499. The van der Waals surface area contributed by atoms with Crippen LogP contribution in [0.3, 0.4) is 0 Å². The van der Waals surface area contributed by atoms with E-state index in [1.807, 2.05) is 34.7 Å². The van der Waals surface area contributed by atoms with Crippen molar-refractivity contribution in [1.82, 2.24) is 24.3 Å². The van der Waals surface area contributed by atoms with Gasteiger partial charge in [0, 0.05) is 50.8 Å². The number of hydrogen-bond acceptors (Lipinski definition) is 8. The van der Waals surface area contributed by atoms with Gasteiger partial charge in [0.1, 0.15) is 17.4 Å². The van der Waals surface area contributed by atoms with Crippen LogP contribution in [0.1, 0.15) is 27.7 Å². The van der Waals surface area contributed by atoms with Crippen molar-refractivity contribution in [2.75, 3.05) is 52.9 Å². The van der Waals surface area contributed by atoms with Crippen molar-refractivity contribution in [1.29, 1.82) is 0 Å². The summed E-state index contributed by atoms with van der Waals surface area (Å²) in [6.45, 7) is 13.5. The second-order valence-corrected chi connectivity index (χ2v) is 9.37. The Balaban J connectivity index is 1.39. The number of aromatic nitrogens is 2. The maximum absolute atomic E-state index is 12.2. The number of ether oxygens (including phenoxy) is 2. The van der Waals surface area contributed by atoms with Gasteiger partial charge in [-0.3, -0.25) is 9.47 Å². The van der Waals surface area contributed by atoms with Crippen molar-refractivity contribution >= 4 is 11.9 Å². The number of likely N-dealkylation sites (N-methyl/N-ethyl adjacent to an activating group) is 1. The molecule has 1 fully saturated rings. The van der Waals surface area contributed by atoms with E-state index in [1.165, 1.54) is 6.20 Å². The average molecular weight is 425 g/mol. The average Bonchev–Trinajstić information content (AvgIpc) is 3.14. The van der Waals surface area contributed by atoms with Gasteiger partial charge < -0.3 is 29.4 Å². The first-order valence-electron chi connectivity index (χ1n) is 10.2. The first-order valence-corrected chi connectivity index (χ1v) is 10.2. The summed E-state index contributed by atoms with van der Waals surface area (Å²) in [7, 11) is 2.04. The van der Waals surface area contributed by atoms with Crippen LogP contribution < -0.4 is 4.74 Å². The number of nitro groups is 1. The fourth-order valence-corrected chi connectivity index (χ4v) is 3.81. The van der Waals surface area contributed by atoms with E-state index in [0.29, 0.717) is 32.2 Å². The molecule has 1 amide bonds. The van der Waals surface area contributed by atoms with Gasteiger partial charge in [-0.05, 0) is 39.7 Å². The number of imidazole rings is 1. The number of fused-ring (bicyclic) bond motifs is 1. The van der Waals surface area contributed by atoms with Crippen molar-refractivity contribution in [2.24, 2.45) is 0 Å². The molecule has 3 heterocycles. The van der Waals surface area contributed by atoms with Gasteiger partial charge in [0.2, 0.25) is 0 Å². The van der Waals surface area contributed by atoms with Crippen LogP contribution in [0.2, 0.25) is 0 Å². The third kappa shape index (κ3) is 5.60. The highest BCUT2D eigenvalue weighted by molar-refractivity contribution is 5.68. The summed E-state index contributed by atoms with van der Waals surface area (Å²) in [6, 6.07) is 0.302. The summed E-state index contributed by atoms with van der Waals surface area (Å²) in [6.07, 6.45) is 1.17. The summed E-state index contributed by atoms with van der Waals surface area (Å²) in [5, 5.41) is 10.8. The van der Waals surface area contributed by atoms with Crippen LogP contribution in [0, 0.1) is 10.1 Å². The molecule has 168 valence electrons. The molecular formula is C19H32N6O5. The summed E-state index contributed by atoms with van der Waals surface area (Å²) in [5.74, 6) is -0.189. The SMILES string of the molecule is CN(CCN1CCN(C(=O)OC(C)(C)C)CC1)CC1(C)Cn2cc([N+](=O)[O-])nc2O1. The first-order chi connectivity index (χ1) is 13.9. The van der Waals surface area contributed by atoms with E-state index in [0.717, 1.165) is 26.2 Å². The van der Waals surface area contributed by atoms with E-state index in [4.69, 9.17) is 9.47 Å². The Morgan fingerprint density at radius 3 is 2.60 bits per heavy atom. The van der Waals surface area contributed by atoms with Crippen LogP contribution in [-0.4, -0.2) is 99.3 Å². The number of rotatable bonds is 6. The van der Waals surface area contributed by atoms with Crippen LogP contribution in [0.15, 0.2) is 6.20 Å². The van der Waals surface area contributed by atoms with Gasteiger partial charge in [-0.1, -0.05) is 0 Å². The van der Waals surface area contributed by atoms with Crippen LogP contribution in [0.25, 0.3) is 0 Å². The lowest BCUT2D eigenvalue weighted by Gasteiger charge is -2.36. The molecule has 3 rings (SSSR count). The molecule has 0 radical (unpaired) electrons. The maximum atomic E-state index is 12.2. The standard InChI is InChI=1S/C19H32N6O5/c1-18(2,3)30-17(26)23-10-8-22(9-11-23)7-6-21(5)13-19(4)14-24-12-15(25(27)28)20-16(24)29-19/h12H,6-11,13-14H2,1-5H3. The van der Waals surface area contributed by atoms with Gasteiger partial charge in [-0.15, -0.1) is 0 Å². The van der Waals surface area contributed by atoms with E-state index in [2.05, 4.69) is 14.8 Å². The Kier molecular flexibility index (Phi) is 6.23. The predicted molar refractivity (Wildman–Crippen MR) is 110 cm³/mol. The second kappa shape index (κ2) is 8.38. The minimum absolute atomic E-state index is 0.189. The topological polar surface area (TPSA) is 106 Å². The molecule has 11 heteroatoms. The smallest absolute Gasteiger partial charge is 0.415 e. The van der Waals surface area contributed by atoms with Crippen LogP contribution in [0.4, 0.5) is 10.6 Å². The molecule has 0 bridgehead atoms. The lowest BCUT2D eigenvalue weighted by molar-refractivity contribution is -0.389. The van der Waals surface area contributed by atoms with Gasteiger partial charge in [0.05, 0.1) is 6.54 Å². The zero-order valence-corrected chi connectivity index (χ0v) is 18.5. The molecule has 0 spiro atoms. The molecule has 1 aromatic heterocycles. The van der Waals surface area contributed by atoms with E-state index in [-0.39, 0.29) is 11.9 Å². The second-order valence-electron chi connectivity index (χ2n) is 9.37. The van der Waals surface area contributed by atoms with Gasteiger partial charge in [-0.25, -0.2) is 4.79 Å². The molecule has 0 saturated carbocycles. The molecule has 0 aliphatic carbocycles. The predicted octanol–water partition coefficient (Wildman–Crippen LogP) is 1.43. The molecule has 1 saturated heterocycles. The highest BCUT2D eigenvalue weighted by Crippen LogP contribution is 2.31. The Hall–Kier alpha value is -2.40. The van der Waals surface area contributed by atoms with Gasteiger partial charge in [-0.2, -0.15) is 0 Å². The molecule has 0 N–H and O–H groups in total. The van der Waals surface area contributed by atoms with Gasteiger partial charge in [0.15, 0.2) is 0 Å². The van der Waals surface area contributed by atoms with Crippen molar-refractivity contribution in [3.63, 3.8) is 0 Å². The van der Waals surface area contributed by atoms with Crippen molar-refractivity contribution < 1.29 is 19.2 Å². The third-order valence-electron chi connectivity index (χ3n) is 5.18. The molecule has 0 aromatic carbocycles. The minimum atomic E-state index is -0.513. The van der Waals surface area contributed by atoms with Gasteiger partial charge >= 0.3 is 17.9 Å². The van der Waals surface area contributed by atoms with Crippen LogP contribution in [-0.2, 0) is 11.3 Å². The fourth-order valence-electron chi connectivity index (χ4n) is 3.81. The minimum Gasteiger partial charge on any atom is -0.444 e. The highest BCUT2D eigenvalue weighted by Gasteiger charge is 2.41. The van der Waals surface area contributed by atoms with Crippen molar-refractivity contribution in [3.8, 4) is 6.01 Å². The molecule has 30 heavy (non-hydrogen) atoms. The molecule has 2 aliphatic heterocycles. The van der Waals surface area contributed by atoms with E-state index in [9.17, 15) is 14.9 Å². The Labute approximate surface area is 176 Å². The van der Waals surface area contributed by atoms with Crippen molar-refractivity contribution in [2.45, 2.75) is 45.4 Å². The normalized spacial score (nSPS) is 22.1. The summed E-state index contributed by atoms with van der Waals surface area (Å²) >= 11 is 0. The van der Waals surface area contributed by atoms with Crippen LogP contribution in [0.5, 0.6) is 6.01 Å². The summed E-state index contributed by atoms with van der Waals surface area (Å²) in [5.41, 5.74) is -0.946. The summed E-state index contributed by atoms with van der Waals surface area (Å²) in [4.78, 5) is 32.7. The molecule has 1 atom stereocenters. The third-order valence-corrected chi connectivity index (χ3v) is 5.18. The maximum Gasteiger partial charge on any atom is 0.415 e. The lowest BCUT2D eigenvalue weighted by atomic mass is 10.1. The summed E-state index contributed by atoms with van der Waals surface area (Å²) < 4.78 is 13.0. The lowest BCUT2D eigenvalue weighted by Crippen LogP contribution is -2.52. The zero-order valence-electron chi connectivity index (χ0n) is 18.5. The molecule has 1 aromatic rings. The van der Waals surface area contributed by atoms with E-state index in [1.54, 1.807) is 9.47 Å². The van der Waals surface area contributed by atoms with E-state index >= 15 is 0 Å². The number of carbonyl (C=O) groups is 1. The fraction of sp³-hybridized carbons (Fsp3) is 0.789. The number of amides is 1. The molecule has 2 aliphatic rings. The monoisotopic (exact) mass is 424 g/mol. The molecular weight excluding hydrogens is 392 g/mol. The van der Waals surface area contributed by atoms with Crippen molar-refractivity contribution in [3.05, 3.63) is 16.3 Å². The van der Waals surface area contributed by atoms with Gasteiger partial charge in [0.25, 0.3) is 0 Å². The zero-order chi connectivity index (χ0) is 22.1. The van der Waals surface area contributed by atoms with E-state index < -0.39 is 16.1 Å². The van der Waals surface area contributed by atoms with Crippen LogP contribution >= 0.6 is 0 Å². The Bertz CT molecular complexity index is 757. The Morgan fingerprint density at radius 1 is 1.37 bits per heavy atom.